The first-order valence-electron chi connectivity index (χ1n) is 14.5. The Labute approximate surface area is 250 Å². The van der Waals surface area contributed by atoms with Crippen LogP contribution in [0.15, 0.2) is 78.9 Å². The lowest BCUT2D eigenvalue weighted by Crippen LogP contribution is -2.06. The number of rotatable bonds is 18. The van der Waals surface area contributed by atoms with E-state index in [2.05, 4.69) is 11.4 Å². The van der Waals surface area contributed by atoms with Crippen LogP contribution < -0.4 is 10.1 Å². The fraction of sp³-hybridized carbons (Fsp3) is 0.353. The maximum absolute atomic E-state index is 12.7. The number of hydrogen-bond acceptors (Lipinski definition) is 4. The first-order valence-corrected chi connectivity index (χ1v) is 14.5. The summed E-state index contributed by atoms with van der Waals surface area (Å²) >= 11 is 0. The van der Waals surface area contributed by atoms with Gasteiger partial charge in [-0.2, -0.15) is 13.2 Å². The van der Waals surface area contributed by atoms with Crippen LogP contribution in [0.4, 0.5) is 18.9 Å². The van der Waals surface area contributed by atoms with Crippen LogP contribution in [0.25, 0.3) is 6.08 Å². The SMILES string of the molecule is O=C(O)CCCCC(C=Cc1ccccc1OCCCCCNc1ccc(C(F)(F)F)cc1)Cc1ccc(C(=O)O)cc1. The number of carbonyl (C=O) groups is 2. The lowest BCUT2D eigenvalue weighted by atomic mass is 9.92. The standard InChI is InChI=1S/C34H38F3NO5/c35-34(36,37)29-18-20-30(21-19-29)38-22-6-1-7-23-43-31-10-4-3-9-27(31)15-12-25(8-2-5-11-32(39)40)24-26-13-16-28(17-14-26)33(41)42/h3-4,9-10,12-21,25,38H,1-2,5-8,11,22-24H2,(H,39,40)(H,41,42). The third-order valence-corrected chi connectivity index (χ3v) is 7.00. The molecule has 0 aromatic heterocycles. The van der Waals surface area contributed by atoms with Gasteiger partial charge in [-0.1, -0.05) is 48.9 Å². The topological polar surface area (TPSA) is 95.9 Å². The summed E-state index contributed by atoms with van der Waals surface area (Å²) in [5.41, 5.74) is 2.17. The number of carboxylic acid groups (broad SMARTS) is 2. The maximum Gasteiger partial charge on any atom is 0.416 e. The van der Waals surface area contributed by atoms with Gasteiger partial charge in [-0.15, -0.1) is 0 Å². The normalized spacial score (nSPS) is 12.3. The average molecular weight is 598 g/mol. The molecule has 9 heteroatoms. The molecule has 0 radical (unpaired) electrons. The van der Waals surface area contributed by atoms with Gasteiger partial charge >= 0.3 is 18.1 Å². The third kappa shape index (κ3) is 12.2. The second-order valence-electron chi connectivity index (χ2n) is 10.4. The minimum atomic E-state index is -4.34. The Morgan fingerprint density at radius 3 is 2.26 bits per heavy atom. The van der Waals surface area contributed by atoms with Crippen molar-refractivity contribution < 1.29 is 37.7 Å². The lowest BCUT2D eigenvalue weighted by molar-refractivity contribution is -0.138. The Bertz CT molecular complexity index is 1320. The molecule has 230 valence electrons. The van der Waals surface area contributed by atoms with Crippen molar-refractivity contribution >= 4 is 23.7 Å². The number of aromatic carboxylic acids is 1. The van der Waals surface area contributed by atoms with Gasteiger partial charge in [-0.25, -0.2) is 4.79 Å². The maximum atomic E-state index is 12.7. The molecule has 0 saturated heterocycles. The molecule has 3 rings (SSSR count). The minimum Gasteiger partial charge on any atom is -0.493 e. The Balaban J connectivity index is 1.49. The smallest absolute Gasteiger partial charge is 0.416 e. The van der Waals surface area contributed by atoms with Crippen molar-refractivity contribution in [3.63, 3.8) is 0 Å². The number of alkyl halides is 3. The fourth-order valence-corrected chi connectivity index (χ4v) is 4.62. The summed E-state index contributed by atoms with van der Waals surface area (Å²) in [6, 6.07) is 19.6. The number of carboxylic acids is 2. The van der Waals surface area contributed by atoms with Crippen molar-refractivity contribution in [3.05, 3.63) is 101 Å². The van der Waals surface area contributed by atoms with Crippen molar-refractivity contribution in [2.45, 2.75) is 57.5 Å². The summed E-state index contributed by atoms with van der Waals surface area (Å²) in [6.45, 7) is 1.18. The van der Waals surface area contributed by atoms with E-state index < -0.39 is 23.7 Å². The molecule has 0 saturated carbocycles. The first kappa shape index (κ1) is 33.2. The molecule has 3 aromatic carbocycles. The molecule has 1 atom stereocenters. The van der Waals surface area contributed by atoms with Crippen molar-refractivity contribution in [1.82, 2.24) is 0 Å². The molecule has 0 fully saturated rings. The zero-order valence-electron chi connectivity index (χ0n) is 24.0. The van der Waals surface area contributed by atoms with Gasteiger partial charge in [0.2, 0.25) is 0 Å². The zero-order chi connectivity index (χ0) is 31.1. The Morgan fingerprint density at radius 2 is 1.58 bits per heavy atom. The summed E-state index contributed by atoms with van der Waals surface area (Å²) in [7, 11) is 0. The van der Waals surface area contributed by atoms with Gasteiger partial charge in [-0.3, -0.25) is 4.79 Å². The van der Waals surface area contributed by atoms with Crippen LogP contribution in [0, 0.1) is 5.92 Å². The molecule has 0 aliphatic heterocycles. The Kier molecular flexibility index (Phi) is 13.1. The third-order valence-electron chi connectivity index (χ3n) is 7.00. The van der Waals surface area contributed by atoms with Gasteiger partial charge in [-0.05, 0) is 92.5 Å². The monoisotopic (exact) mass is 597 g/mol. The Hall–Kier alpha value is -4.27. The number of para-hydroxylation sites is 1. The van der Waals surface area contributed by atoms with Crippen molar-refractivity contribution in [3.8, 4) is 5.75 Å². The molecular formula is C34H38F3NO5. The molecule has 0 heterocycles. The predicted molar refractivity (Wildman–Crippen MR) is 161 cm³/mol. The number of halogens is 3. The molecule has 3 aromatic rings. The summed E-state index contributed by atoms with van der Waals surface area (Å²) in [6.07, 6.45) is 5.36. The van der Waals surface area contributed by atoms with Gasteiger partial charge in [0.15, 0.2) is 0 Å². The summed E-state index contributed by atoms with van der Waals surface area (Å²) in [5.74, 6) is -0.882. The highest BCUT2D eigenvalue weighted by molar-refractivity contribution is 5.87. The van der Waals surface area contributed by atoms with E-state index in [0.29, 0.717) is 31.7 Å². The van der Waals surface area contributed by atoms with E-state index in [4.69, 9.17) is 14.9 Å². The van der Waals surface area contributed by atoms with Crippen LogP contribution in [0.3, 0.4) is 0 Å². The molecule has 0 amide bonds. The number of ether oxygens (including phenoxy) is 1. The molecule has 0 bridgehead atoms. The van der Waals surface area contributed by atoms with E-state index in [0.717, 1.165) is 61.1 Å². The zero-order valence-corrected chi connectivity index (χ0v) is 24.0. The number of allylic oxidation sites excluding steroid dienone is 1. The number of benzene rings is 3. The van der Waals surface area contributed by atoms with Crippen LogP contribution in [-0.4, -0.2) is 35.3 Å². The molecule has 1 unspecified atom stereocenters. The van der Waals surface area contributed by atoms with Crippen molar-refractivity contribution in [1.29, 1.82) is 0 Å². The first-order chi connectivity index (χ1) is 20.6. The molecule has 0 aliphatic rings. The lowest BCUT2D eigenvalue weighted by Gasteiger charge is -2.14. The van der Waals surface area contributed by atoms with E-state index in [9.17, 15) is 22.8 Å². The van der Waals surface area contributed by atoms with Crippen LogP contribution in [0.2, 0.25) is 0 Å². The minimum absolute atomic E-state index is 0.130. The highest BCUT2D eigenvalue weighted by atomic mass is 19.4. The molecule has 0 spiro atoms. The number of anilines is 1. The van der Waals surface area contributed by atoms with Crippen molar-refractivity contribution in [2.24, 2.45) is 5.92 Å². The van der Waals surface area contributed by atoms with Crippen LogP contribution >= 0.6 is 0 Å². The summed E-state index contributed by atoms with van der Waals surface area (Å²) in [4.78, 5) is 22.1. The molecule has 0 aliphatic carbocycles. The summed E-state index contributed by atoms with van der Waals surface area (Å²) in [5, 5.41) is 21.3. The number of hydrogen-bond donors (Lipinski definition) is 3. The van der Waals surface area contributed by atoms with Gasteiger partial charge in [0.1, 0.15) is 5.75 Å². The van der Waals surface area contributed by atoms with E-state index in [1.807, 2.05) is 42.5 Å². The highest BCUT2D eigenvalue weighted by Crippen LogP contribution is 2.30. The Morgan fingerprint density at radius 1 is 0.860 bits per heavy atom. The van der Waals surface area contributed by atoms with E-state index in [1.54, 1.807) is 12.1 Å². The highest BCUT2D eigenvalue weighted by Gasteiger charge is 2.29. The molecule has 3 N–H and O–H groups in total. The van der Waals surface area contributed by atoms with Gasteiger partial charge in [0, 0.05) is 24.2 Å². The van der Waals surface area contributed by atoms with Gasteiger partial charge in [0.05, 0.1) is 17.7 Å². The van der Waals surface area contributed by atoms with E-state index >= 15 is 0 Å². The second-order valence-corrected chi connectivity index (χ2v) is 10.4. The average Bonchev–Trinajstić information content (AvgIpc) is 2.98. The number of nitrogens with one attached hydrogen (secondary N) is 1. The predicted octanol–water partition coefficient (Wildman–Crippen LogP) is 8.58. The largest absolute Gasteiger partial charge is 0.493 e. The van der Waals surface area contributed by atoms with Crippen LogP contribution in [0.1, 0.15) is 72.0 Å². The summed E-state index contributed by atoms with van der Waals surface area (Å²) < 4.78 is 44.1. The van der Waals surface area contributed by atoms with E-state index in [1.165, 1.54) is 12.1 Å². The molecular weight excluding hydrogens is 559 g/mol. The van der Waals surface area contributed by atoms with Gasteiger partial charge in [0.25, 0.3) is 0 Å². The quantitative estimate of drug-likeness (QED) is 0.127. The van der Waals surface area contributed by atoms with Crippen LogP contribution in [0.5, 0.6) is 5.75 Å². The second kappa shape index (κ2) is 17.0. The number of aliphatic carboxylic acids is 1. The fourth-order valence-electron chi connectivity index (χ4n) is 4.62. The number of unbranched alkanes of at least 4 members (excludes halogenated alkanes) is 3. The van der Waals surface area contributed by atoms with Gasteiger partial charge < -0.3 is 20.3 Å². The molecule has 43 heavy (non-hydrogen) atoms. The van der Waals surface area contributed by atoms with Crippen LogP contribution in [-0.2, 0) is 17.4 Å². The van der Waals surface area contributed by atoms with E-state index in [-0.39, 0.29) is 17.9 Å². The molecule has 6 nitrogen and oxygen atoms in total. The van der Waals surface area contributed by atoms with Crippen molar-refractivity contribution in [2.75, 3.05) is 18.5 Å².